The summed E-state index contributed by atoms with van der Waals surface area (Å²) < 4.78 is 25.4. The second-order valence-electron chi connectivity index (χ2n) is 6.07. The van der Waals surface area contributed by atoms with Gasteiger partial charge in [-0.1, -0.05) is 29.3 Å². The highest BCUT2D eigenvalue weighted by atomic mass is 35.5. The van der Waals surface area contributed by atoms with Crippen LogP contribution in [0.25, 0.3) is 0 Å². The van der Waals surface area contributed by atoms with E-state index in [1.165, 1.54) is 30.5 Å². The molecule has 3 rings (SSSR count). The Kier molecular flexibility index (Phi) is 5.95. The molecule has 0 bridgehead atoms. The molecule has 0 aliphatic carbocycles. The fraction of sp³-hybridized carbons (Fsp3) is 0.211. The summed E-state index contributed by atoms with van der Waals surface area (Å²) >= 11 is 11.9. The molecule has 1 heterocycles. The van der Waals surface area contributed by atoms with Crippen molar-refractivity contribution in [2.75, 3.05) is 31.1 Å². The van der Waals surface area contributed by atoms with Crippen LogP contribution in [0.3, 0.4) is 0 Å². The lowest BCUT2D eigenvalue weighted by atomic mass is 10.2. The highest BCUT2D eigenvalue weighted by molar-refractivity contribution is 7.95. The van der Waals surface area contributed by atoms with E-state index >= 15 is 0 Å². The molecular formula is C19H17Cl2N3O2S. The van der Waals surface area contributed by atoms with Crippen LogP contribution in [0.5, 0.6) is 0 Å². The minimum atomic E-state index is -3.87. The third-order valence-corrected chi connectivity index (χ3v) is 6.47. The number of nitrogens with zero attached hydrogens (tertiary/aromatic N) is 3. The molecular weight excluding hydrogens is 405 g/mol. The van der Waals surface area contributed by atoms with E-state index in [0.29, 0.717) is 36.2 Å². The molecule has 0 saturated carbocycles. The Bertz CT molecular complexity index is 990. The summed E-state index contributed by atoms with van der Waals surface area (Å²) in [7, 11) is -3.87. The molecule has 8 heteroatoms. The zero-order valence-corrected chi connectivity index (χ0v) is 16.7. The van der Waals surface area contributed by atoms with Crippen LogP contribution in [0, 0.1) is 11.3 Å². The molecule has 5 nitrogen and oxygen atoms in total. The molecule has 0 aromatic heterocycles. The summed E-state index contributed by atoms with van der Waals surface area (Å²) in [6.45, 7) is 2.62. The van der Waals surface area contributed by atoms with Gasteiger partial charge in [-0.15, -0.1) is 0 Å². The first-order valence-electron chi connectivity index (χ1n) is 8.27. The number of halogens is 2. The summed E-state index contributed by atoms with van der Waals surface area (Å²) in [6.07, 6.45) is 1.43. The van der Waals surface area contributed by atoms with Gasteiger partial charge in [0.15, 0.2) is 4.91 Å². The van der Waals surface area contributed by atoms with Crippen LogP contribution in [0.4, 0.5) is 5.69 Å². The number of piperazine rings is 1. The van der Waals surface area contributed by atoms with Gasteiger partial charge in [-0.05, 0) is 42.5 Å². The van der Waals surface area contributed by atoms with Gasteiger partial charge in [0.05, 0.1) is 4.90 Å². The fourth-order valence-corrected chi connectivity index (χ4v) is 4.31. The van der Waals surface area contributed by atoms with Gasteiger partial charge < -0.3 is 9.80 Å². The maximum absolute atomic E-state index is 12.7. The number of allylic oxidation sites excluding steroid dienone is 1. The molecule has 0 spiro atoms. The Morgan fingerprint density at radius 2 is 1.67 bits per heavy atom. The predicted octanol–water partition coefficient (Wildman–Crippen LogP) is 3.95. The SMILES string of the molecule is N#CC(=CN1CCN(c2cccc(Cl)c2)CC1)S(=O)(=O)c1ccc(Cl)cc1. The first-order chi connectivity index (χ1) is 12.9. The summed E-state index contributed by atoms with van der Waals surface area (Å²) in [5, 5.41) is 10.5. The Balaban J connectivity index is 1.74. The van der Waals surface area contributed by atoms with Crippen molar-refractivity contribution in [3.05, 3.63) is 69.7 Å². The number of anilines is 1. The Morgan fingerprint density at radius 1 is 1.00 bits per heavy atom. The van der Waals surface area contributed by atoms with Crippen molar-refractivity contribution in [1.82, 2.24) is 4.90 Å². The molecule has 0 amide bonds. The zero-order chi connectivity index (χ0) is 19.4. The van der Waals surface area contributed by atoms with Crippen molar-refractivity contribution in [3.8, 4) is 6.07 Å². The second kappa shape index (κ2) is 8.22. The van der Waals surface area contributed by atoms with Gasteiger partial charge in [-0.3, -0.25) is 0 Å². The standard InChI is InChI=1S/C19H17Cl2N3O2S/c20-15-4-6-18(7-5-15)27(25,26)19(13-22)14-23-8-10-24(11-9-23)17-3-1-2-16(21)12-17/h1-7,12,14H,8-11H2. The van der Waals surface area contributed by atoms with Crippen molar-refractivity contribution in [2.45, 2.75) is 4.90 Å². The van der Waals surface area contributed by atoms with Gasteiger partial charge in [0.2, 0.25) is 9.84 Å². The smallest absolute Gasteiger partial charge is 0.218 e. The molecule has 27 heavy (non-hydrogen) atoms. The molecule has 1 aliphatic heterocycles. The maximum atomic E-state index is 12.7. The van der Waals surface area contributed by atoms with E-state index in [1.807, 2.05) is 35.2 Å². The molecule has 0 unspecified atom stereocenters. The van der Waals surface area contributed by atoms with Gasteiger partial charge in [-0.25, -0.2) is 8.42 Å². The molecule has 2 aromatic carbocycles. The van der Waals surface area contributed by atoms with E-state index in [2.05, 4.69) is 4.90 Å². The van der Waals surface area contributed by atoms with Gasteiger partial charge in [0.1, 0.15) is 6.07 Å². The summed E-state index contributed by atoms with van der Waals surface area (Å²) in [6, 6.07) is 15.2. The average Bonchev–Trinajstić information content (AvgIpc) is 2.67. The van der Waals surface area contributed by atoms with E-state index in [-0.39, 0.29) is 9.80 Å². The first-order valence-corrected chi connectivity index (χ1v) is 10.5. The van der Waals surface area contributed by atoms with E-state index in [1.54, 1.807) is 0 Å². The van der Waals surface area contributed by atoms with Crippen molar-refractivity contribution in [2.24, 2.45) is 0 Å². The van der Waals surface area contributed by atoms with Gasteiger partial charge in [0.25, 0.3) is 0 Å². The van der Waals surface area contributed by atoms with Crippen LogP contribution < -0.4 is 4.90 Å². The van der Waals surface area contributed by atoms with Crippen molar-refractivity contribution >= 4 is 38.7 Å². The normalized spacial score (nSPS) is 15.5. The lowest BCUT2D eigenvalue weighted by molar-refractivity contribution is 0.348. The van der Waals surface area contributed by atoms with Crippen LogP contribution in [0.2, 0.25) is 10.0 Å². The quantitative estimate of drug-likeness (QED) is 0.699. The number of benzene rings is 2. The Hall–Kier alpha value is -2.20. The van der Waals surface area contributed by atoms with Crippen molar-refractivity contribution in [1.29, 1.82) is 5.26 Å². The number of hydrogen-bond donors (Lipinski definition) is 0. The van der Waals surface area contributed by atoms with Crippen LogP contribution >= 0.6 is 23.2 Å². The zero-order valence-electron chi connectivity index (χ0n) is 14.3. The van der Waals surface area contributed by atoms with Gasteiger partial charge >= 0.3 is 0 Å². The minimum Gasteiger partial charge on any atom is -0.372 e. The van der Waals surface area contributed by atoms with Crippen LogP contribution in [-0.2, 0) is 9.84 Å². The van der Waals surface area contributed by atoms with Crippen LogP contribution in [-0.4, -0.2) is 39.5 Å². The van der Waals surface area contributed by atoms with Crippen molar-refractivity contribution in [3.63, 3.8) is 0 Å². The summed E-state index contributed by atoms with van der Waals surface area (Å²) in [5.41, 5.74) is 1.03. The average molecular weight is 422 g/mol. The highest BCUT2D eigenvalue weighted by Crippen LogP contribution is 2.23. The molecule has 1 fully saturated rings. The summed E-state index contributed by atoms with van der Waals surface area (Å²) in [4.78, 5) is 3.81. The lowest BCUT2D eigenvalue weighted by Crippen LogP contribution is -2.44. The Morgan fingerprint density at radius 3 is 2.26 bits per heavy atom. The van der Waals surface area contributed by atoms with Gasteiger partial charge in [0, 0.05) is 48.1 Å². The van der Waals surface area contributed by atoms with Crippen molar-refractivity contribution < 1.29 is 8.42 Å². The summed E-state index contributed by atoms with van der Waals surface area (Å²) in [5.74, 6) is 0. The van der Waals surface area contributed by atoms with E-state index in [0.717, 1.165) is 5.69 Å². The minimum absolute atomic E-state index is 0.0530. The molecule has 0 radical (unpaired) electrons. The maximum Gasteiger partial charge on any atom is 0.218 e. The second-order valence-corrected chi connectivity index (χ2v) is 8.86. The number of nitriles is 1. The van der Waals surface area contributed by atoms with E-state index in [9.17, 15) is 13.7 Å². The number of hydrogen-bond acceptors (Lipinski definition) is 5. The van der Waals surface area contributed by atoms with Gasteiger partial charge in [-0.2, -0.15) is 5.26 Å². The number of rotatable bonds is 4. The van der Waals surface area contributed by atoms with E-state index in [4.69, 9.17) is 23.2 Å². The topological polar surface area (TPSA) is 64.4 Å². The lowest BCUT2D eigenvalue weighted by Gasteiger charge is -2.35. The molecule has 1 saturated heterocycles. The molecule has 140 valence electrons. The van der Waals surface area contributed by atoms with Crippen LogP contribution in [0.15, 0.2) is 64.5 Å². The predicted molar refractivity (Wildman–Crippen MR) is 108 cm³/mol. The molecule has 0 atom stereocenters. The number of sulfone groups is 1. The third-order valence-electron chi connectivity index (χ3n) is 4.31. The molecule has 1 aliphatic rings. The first kappa shape index (κ1) is 19.6. The third kappa shape index (κ3) is 4.56. The molecule has 0 N–H and O–H groups in total. The van der Waals surface area contributed by atoms with E-state index < -0.39 is 9.84 Å². The largest absolute Gasteiger partial charge is 0.372 e. The fourth-order valence-electron chi connectivity index (χ4n) is 2.85. The van der Waals surface area contributed by atoms with Crippen LogP contribution in [0.1, 0.15) is 0 Å². The Labute approximate surface area is 168 Å². The monoisotopic (exact) mass is 421 g/mol. The highest BCUT2D eigenvalue weighted by Gasteiger charge is 2.23. The molecule has 2 aromatic rings.